The Morgan fingerprint density at radius 3 is 2.75 bits per heavy atom. The Balaban J connectivity index is 1.94. The number of nitrogens with zero attached hydrogens (tertiary/aromatic N) is 1. The smallest absolute Gasteiger partial charge is 0.242 e. The van der Waals surface area contributed by atoms with Gasteiger partial charge in [-0.25, -0.2) is 0 Å². The molecule has 0 aromatic heterocycles. The van der Waals surface area contributed by atoms with Crippen molar-refractivity contribution in [3.05, 3.63) is 28.2 Å². The number of halogens is 1. The summed E-state index contributed by atoms with van der Waals surface area (Å²) in [6.45, 7) is 1.84. The molecule has 0 radical (unpaired) electrons. The highest BCUT2D eigenvalue weighted by Gasteiger charge is 2.20. The number of hydrogen-bond donors (Lipinski definition) is 2. The van der Waals surface area contributed by atoms with Crippen LogP contribution in [0.4, 0.5) is 5.69 Å². The van der Waals surface area contributed by atoms with E-state index in [1.807, 2.05) is 13.0 Å². The number of rotatable bonds is 4. The number of nitriles is 1. The lowest BCUT2D eigenvalue weighted by Crippen LogP contribution is -2.42. The van der Waals surface area contributed by atoms with Crippen molar-refractivity contribution < 1.29 is 4.79 Å². The highest BCUT2D eigenvalue weighted by molar-refractivity contribution is 9.10. The lowest BCUT2D eigenvalue weighted by atomic mass is 10.2. The molecule has 5 heteroatoms. The molecule has 1 atom stereocenters. The van der Waals surface area contributed by atoms with Gasteiger partial charge in [0.05, 0.1) is 11.6 Å². The van der Waals surface area contributed by atoms with Gasteiger partial charge in [0.1, 0.15) is 6.04 Å². The Kier molecular flexibility index (Phi) is 5.02. The topological polar surface area (TPSA) is 64.9 Å². The molecule has 2 N–H and O–H groups in total. The number of anilines is 1. The number of carbonyl (C=O) groups excluding carboxylic acids is 1. The van der Waals surface area contributed by atoms with Crippen molar-refractivity contribution in [2.75, 3.05) is 5.32 Å². The number of nitrogens with one attached hydrogen (secondary N) is 2. The normalized spacial score (nSPS) is 16.4. The number of carbonyl (C=O) groups is 1. The van der Waals surface area contributed by atoms with E-state index in [4.69, 9.17) is 5.26 Å². The molecule has 2 rings (SSSR count). The Hall–Kier alpha value is -1.54. The van der Waals surface area contributed by atoms with Gasteiger partial charge in [-0.15, -0.1) is 0 Å². The van der Waals surface area contributed by atoms with Crippen molar-refractivity contribution in [3.8, 4) is 6.07 Å². The van der Waals surface area contributed by atoms with E-state index in [0.717, 1.165) is 23.0 Å². The van der Waals surface area contributed by atoms with Crippen LogP contribution >= 0.6 is 15.9 Å². The van der Waals surface area contributed by atoms with Gasteiger partial charge in [-0.3, -0.25) is 4.79 Å². The SMILES string of the molecule is CC(Nc1ccc(C#N)cc1Br)C(=O)NC1CCCC1. The van der Waals surface area contributed by atoms with Crippen LogP contribution in [0.25, 0.3) is 0 Å². The molecule has 0 bridgehead atoms. The van der Waals surface area contributed by atoms with E-state index in [-0.39, 0.29) is 11.9 Å². The summed E-state index contributed by atoms with van der Waals surface area (Å²) in [6.07, 6.45) is 4.57. The maximum Gasteiger partial charge on any atom is 0.242 e. The Labute approximate surface area is 127 Å². The third-order valence-corrected chi connectivity index (χ3v) is 4.22. The lowest BCUT2D eigenvalue weighted by Gasteiger charge is -2.19. The molecule has 1 aromatic rings. The second kappa shape index (κ2) is 6.76. The van der Waals surface area contributed by atoms with Crippen LogP contribution < -0.4 is 10.6 Å². The highest BCUT2D eigenvalue weighted by atomic mass is 79.9. The van der Waals surface area contributed by atoms with Crippen LogP contribution in [0.3, 0.4) is 0 Å². The highest BCUT2D eigenvalue weighted by Crippen LogP contribution is 2.24. The molecule has 1 aromatic carbocycles. The molecule has 1 fully saturated rings. The van der Waals surface area contributed by atoms with Crippen LogP contribution in [0.15, 0.2) is 22.7 Å². The molecule has 0 saturated heterocycles. The fourth-order valence-corrected chi connectivity index (χ4v) is 2.89. The zero-order chi connectivity index (χ0) is 14.5. The molecular formula is C15H18BrN3O. The average Bonchev–Trinajstić information content (AvgIpc) is 2.93. The van der Waals surface area contributed by atoms with Gasteiger partial charge in [0.25, 0.3) is 0 Å². The fourth-order valence-electron chi connectivity index (χ4n) is 2.40. The first-order valence-corrected chi connectivity index (χ1v) is 7.66. The van der Waals surface area contributed by atoms with E-state index < -0.39 is 0 Å². The predicted molar refractivity (Wildman–Crippen MR) is 82.3 cm³/mol. The van der Waals surface area contributed by atoms with Crippen LogP contribution in [0.2, 0.25) is 0 Å². The summed E-state index contributed by atoms with van der Waals surface area (Å²) in [5.41, 5.74) is 1.41. The van der Waals surface area contributed by atoms with E-state index in [1.54, 1.807) is 12.1 Å². The molecular weight excluding hydrogens is 318 g/mol. The zero-order valence-electron chi connectivity index (χ0n) is 11.4. The predicted octanol–water partition coefficient (Wildman–Crippen LogP) is 3.18. The second-order valence-corrected chi connectivity index (χ2v) is 6.02. The van der Waals surface area contributed by atoms with E-state index in [9.17, 15) is 4.79 Å². The molecule has 1 unspecified atom stereocenters. The summed E-state index contributed by atoms with van der Waals surface area (Å²) in [5.74, 6) is 0.0214. The summed E-state index contributed by atoms with van der Waals surface area (Å²) >= 11 is 3.41. The van der Waals surface area contributed by atoms with Crippen molar-refractivity contribution in [2.45, 2.75) is 44.7 Å². The monoisotopic (exact) mass is 335 g/mol. The van der Waals surface area contributed by atoms with Crippen LogP contribution in [-0.4, -0.2) is 18.0 Å². The van der Waals surface area contributed by atoms with E-state index in [0.29, 0.717) is 11.6 Å². The molecule has 1 aliphatic carbocycles. The summed E-state index contributed by atoms with van der Waals surface area (Å²) in [6, 6.07) is 7.38. The summed E-state index contributed by atoms with van der Waals surface area (Å²) < 4.78 is 0.789. The van der Waals surface area contributed by atoms with Gasteiger partial charge in [0, 0.05) is 16.2 Å². The Bertz CT molecular complexity index is 532. The van der Waals surface area contributed by atoms with E-state index in [2.05, 4.69) is 32.6 Å². The molecule has 106 valence electrons. The standard InChI is InChI=1S/C15H18BrN3O/c1-10(15(20)19-12-4-2-3-5-12)18-14-7-6-11(9-17)8-13(14)16/h6-8,10,12,18H,2-5H2,1H3,(H,19,20). The Morgan fingerprint density at radius 1 is 1.45 bits per heavy atom. The van der Waals surface area contributed by atoms with Gasteiger partial charge in [0.2, 0.25) is 5.91 Å². The second-order valence-electron chi connectivity index (χ2n) is 5.16. The first-order valence-electron chi connectivity index (χ1n) is 6.86. The van der Waals surface area contributed by atoms with Crippen LogP contribution in [0.1, 0.15) is 38.2 Å². The minimum Gasteiger partial charge on any atom is -0.373 e. The minimum absolute atomic E-state index is 0.0214. The van der Waals surface area contributed by atoms with Crippen LogP contribution in [-0.2, 0) is 4.79 Å². The lowest BCUT2D eigenvalue weighted by molar-refractivity contribution is -0.122. The third-order valence-electron chi connectivity index (χ3n) is 3.57. The summed E-state index contributed by atoms with van der Waals surface area (Å²) in [7, 11) is 0. The van der Waals surface area contributed by atoms with Crippen LogP contribution in [0.5, 0.6) is 0 Å². The maximum absolute atomic E-state index is 12.1. The molecule has 1 saturated carbocycles. The summed E-state index contributed by atoms with van der Waals surface area (Å²) in [4.78, 5) is 12.1. The first-order chi connectivity index (χ1) is 9.60. The molecule has 20 heavy (non-hydrogen) atoms. The molecule has 1 aliphatic rings. The van der Waals surface area contributed by atoms with Gasteiger partial charge in [-0.2, -0.15) is 5.26 Å². The van der Waals surface area contributed by atoms with Crippen molar-refractivity contribution in [3.63, 3.8) is 0 Å². The number of benzene rings is 1. The number of amides is 1. The van der Waals surface area contributed by atoms with Gasteiger partial charge in [-0.1, -0.05) is 12.8 Å². The Morgan fingerprint density at radius 2 is 2.15 bits per heavy atom. The molecule has 1 amide bonds. The van der Waals surface area contributed by atoms with Gasteiger partial charge in [-0.05, 0) is 53.9 Å². The quantitative estimate of drug-likeness (QED) is 0.888. The third kappa shape index (κ3) is 3.73. The zero-order valence-corrected chi connectivity index (χ0v) is 13.0. The number of hydrogen-bond acceptors (Lipinski definition) is 3. The molecule has 0 aliphatic heterocycles. The molecule has 0 heterocycles. The van der Waals surface area contributed by atoms with Crippen molar-refractivity contribution >= 4 is 27.5 Å². The van der Waals surface area contributed by atoms with E-state index >= 15 is 0 Å². The average molecular weight is 336 g/mol. The molecule has 0 spiro atoms. The van der Waals surface area contributed by atoms with Crippen molar-refractivity contribution in [1.82, 2.24) is 5.32 Å². The van der Waals surface area contributed by atoms with Gasteiger partial charge >= 0.3 is 0 Å². The van der Waals surface area contributed by atoms with Crippen molar-refractivity contribution in [2.24, 2.45) is 0 Å². The van der Waals surface area contributed by atoms with Crippen molar-refractivity contribution in [1.29, 1.82) is 5.26 Å². The largest absolute Gasteiger partial charge is 0.373 e. The van der Waals surface area contributed by atoms with Crippen LogP contribution in [0, 0.1) is 11.3 Å². The minimum atomic E-state index is -0.306. The van der Waals surface area contributed by atoms with E-state index in [1.165, 1.54) is 12.8 Å². The fraction of sp³-hybridized carbons (Fsp3) is 0.467. The maximum atomic E-state index is 12.1. The molecule has 4 nitrogen and oxygen atoms in total. The van der Waals surface area contributed by atoms with Gasteiger partial charge in [0.15, 0.2) is 0 Å². The van der Waals surface area contributed by atoms with Gasteiger partial charge < -0.3 is 10.6 Å². The first kappa shape index (κ1) is 14.9. The summed E-state index contributed by atoms with van der Waals surface area (Å²) in [5, 5.41) is 15.1.